The number of aromatic nitrogens is 7. The topological polar surface area (TPSA) is 101 Å². The summed E-state index contributed by atoms with van der Waals surface area (Å²) in [5.41, 5.74) is 9.09. The van der Waals surface area contributed by atoms with Crippen LogP contribution in [0.4, 0.5) is 0 Å². The van der Waals surface area contributed by atoms with Crippen LogP contribution in [-0.2, 0) is 0 Å². The molecule has 7 heterocycles. The van der Waals surface area contributed by atoms with Gasteiger partial charge in [-0.1, -0.05) is 133 Å². The predicted molar refractivity (Wildman–Crippen MR) is 255 cm³/mol. The number of benzene rings is 7. The summed E-state index contributed by atoms with van der Waals surface area (Å²) in [6.07, 6.45) is 3.73. The molecule has 0 amide bonds. The summed E-state index contributed by atoms with van der Waals surface area (Å²) < 4.78 is 18.0. The zero-order chi connectivity index (χ0) is 41.9. The van der Waals surface area contributed by atoms with Crippen LogP contribution in [0.2, 0.25) is 0 Å². The van der Waals surface area contributed by atoms with Crippen LogP contribution in [0.1, 0.15) is 0 Å². The lowest BCUT2D eigenvalue weighted by atomic mass is 10.0. The smallest absolute Gasteiger partial charge is 0.181 e. The highest BCUT2D eigenvalue weighted by Gasteiger charge is 2.30. The Bertz CT molecular complexity index is 3940. The molecule has 0 saturated carbocycles. The van der Waals surface area contributed by atoms with E-state index in [0.29, 0.717) is 40.3 Å². The van der Waals surface area contributed by atoms with Gasteiger partial charge in [0.25, 0.3) is 0 Å². The zero-order valence-corrected chi connectivity index (χ0v) is 33.8. The number of para-hydroxylation sites is 4. The summed E-state index contributed by atoms with van der Waals surface area (Å²) in [5.74, 6) is 2.90. The summed E-state index contributed by atoms with van der Waals surface area (Å²) in [6.45, 7) is 0. The molecule has 7 aromatic carbocycles. The van der Waals surface area contributed by atoms with Crippen LogP contribution >= 0.6 is 0 Å². The number of hydrogen-bond acceptors (Lipinski definition) is 7. The lowest BCUT2D eigenvalue weighted by Gasteiger charge is -2.16. The van der Waals surface area contributed by atoms with Crippen molar-refractivity contribution in [3.63, 3.8) is 0 Å². The number of rotatable bonds is 5. The van der Waals surface area contributed by atoms with Gasteiger partial charge in [-0.3, -0.25) is 9.13 Å². The van der Waals surface area contributed by atoms with Gasteiger partial charge in [-0.05, 0) is 42.5 Å². The minimum atomic E-state index is 0.491. The molecular formula is C55H31N7O2. The molecular weight excluding hydrogens is 791 g/mol. The second-order valence-corrected chi connectivity index (χ2v) is 16.0. The molecule has 298 valence electrons. The second-order valence-electron chi connectivity index (χ2n) is 16.0. The minimum absolute atomic E-state index is 0.491. The highest BCUT2D eigenvalue weighted by molar-refractivity contribution is 6.26. The fourth-order valence-corrected chi connectivity index (χ4v) is 9.74. The zero-order valence-electron chi connectivity index (χ0n) is 33.8. The van der Waals surface area contributed by atoms with Crippen LogP contribution < -0.4 is 0 Å². The van der Waals surface area contributed by atoms with E-state index in [1.54, 1.807) is 0 Å². The Morgan fingerprint density at radius 1 is 0.344 bits per heavy atom. The summed E-state index contributed by atoms with van der Waals surface area (Å²) in [4.78, 5) is 26.4. The third-order valence-electron chi connectivity index (χ3n) is 12.5. The Hall–Kier alpha value is -8.95. The summed E-state index contributed by atoms with van der Waals surface area (Å²) in [5, 5.41) is 8.10. The molecule has 0 saturated heterocycles. The van der Waals surface area contributed by atoms with E-state index in [9.17, 15) is 0 Å². The number of hydrogen-bond donors (Lipinski definition) is 0. The van der Waals surface area contributed by atoms with E-state index >= 15 is 0 Å². The van der Waals surface area contributed by atoms with Gasteiger partial charge in [0.2, 0.25) is 0 Å². The molecule has 14 aromatic rings. The molecule has 64 heavy (non-hydrogen) atoms. The van der Waals surface area contributed by atoms with Crippen LogP contribution in [-0.4, -0.2) is 34.1 Å². The van der Waals surface area contributed by atoms with Crippen molar-refractivity contribution in [2.75, 3.05) is 0 Å². The maximum Gasteiger partial charge on any atom is 0.181 e. The molecule has 9 heteroatoms. The Labute approximate surface area is 363 Å². The Balaban J connectivity index is 1.24. The second kappa shape index (κ2) is 13.3. The van der Waals surface area contributed by atoms with E-state index in [0.717, 1.165) is 93.0 Å². The third-order valence-corrected chi connectivity index (χ3v) is 12.5. The molecule has 0 radical (unpaired) electrons. The van der Waals surface area contributed by atoms with Crippen molar-refractivity contribution >= 4 is 87.5 Å². The Kier molecular flexibility index (Phi) is 7.20. The van der Waals surface area contributed by atoms with Gasteiger partial charge in [-0.2, -0.15) is 0 Å². The first-order valence-corrected chi connectivity index (χ1v) is 21.2. The molecule has 0 aliphatic rings. The summed E-state index contributed by atoms with van der Waals surface area (Å²) >= 11 is 0. The van der Waals surface area contributed by atoms with Gasteiger partial charge in [-0.25, -0.2) is 24.9 Å². The minimum Gasteiger partial charge on any atom is -0.452 e. The van der Waals surface area contributed by atoms with Crippen molar-refractivity contribution < 1.29 is 8.83 Å². The molecule has 0 bridgehead atoms. The number of nitrogens with zero attached hydrogens (tertiary/aromatic N) is 7. The SMILES string of the molecule is c1ccc(-c2nc(-c3ccccc3)nc(-c3c4c(cc5c6ccccc6n(-c6nccc7c6oc6ccccc67)c35)c3ccccc3n4-c3nccc4c3oc3ccccc34)n2)cc1. The van der Waals surface area contributed by atoms with Crippen molar-refractivity contribution in [1.29, 1.82) is 0 Å². The van der Waals surface area contributed by atoms with Crippen LogP contribution in [0.5, 0.6) is 0 Å². The maximum absolute atomic E-state index is 6.76. The van der Waals surface area contributed by atoms with E-state index in [-0.39, 0.29) is 0 Å². The van der Waals surface area contributed by atoms with Crippen molar-refractivity contribution in [3.05, 3.63) is 188 Å². The van der Waals surface area contributed by atoms with E-state index in [4.69, 9.17) is 33.8 Å². The van der Waals surface area contributed by atoms with Gasteiger partial charge >= 0.3 is 0 Å². The number of fused-ring (bicyclic) bond motifs is 12. The van der Waals surface area contributed by atoms with Gasteiger partial charge < -0.3 is 8.83 Å². The first-order chi connectivity index (χ1) is 31.8. The predicted octanol–water partition coefficient (Wildman–Crippen LogP) is 13.7. The number of pyridine rings is 2. The maximum atomic E-state index is 6.76. The van der Waals surface area contributed by atoms with Crippen LogP contribution in [0.15, 0.2) is 197 Å². The van der Waals surface area contributed by atoms with Crippen LogP contribution in [0.3, 0.4) is 0 Å². The lowest BCUT2D eigenvalue weighted by Crippen LogP contribution is -2.05. The van der Waals surface area contributed by atoms with E-state index in [1.165, 1.54) is 0 Å². The molecule has 0 N–H and O–H groups in total. The largest absolute Gasteiger partial charge is 0.452 e. The monoisotopic (exact) mass is 821 g/mol. The molecule has 9 nitrogen and oxygen atoms in total. The third kappa shape index (κ3) is 4.91. The highest BCUT2D eigenvalue weighted by Crippen LogP contribution is 2.48. The normalized spacial score (nSPS) is 12.1. The van der Waals surface area contributed by atoms with Gasteiger partial charge in [0.15, 0.2) is 40.3 Å². The molecule has 0 fully saturated rings. The molecule has 0 atom stereocenters. The van der Waals surface area contributed by atoms with Gasteiger partial charge in [0.05, 0.1) is 27.6 Å². The molecule has 0 spiro atoms. The van der Waals surface area contributed by atoms with Crippen molar-refractivity contribution in [1.82, 2.24) is 34.1 Å². The standard InChI is InChI=1S/C55H31N7O2/c1-3-15-32(16-4-1)51-58-52(33-17-5-2-6-18-33)60-53(59-51)46-47-40(34-19-7-11-23-42(34)61(47)54-49-38(27-29-56-54)36-21-9-13-25-44(36)63-49)31-41-35-20-8-12-24-43(35)62(48(41)46)55-50-39(28-30-57-55)37-22-10-14-26-45(37)64-50/h1-31H. The van der Waals surface area contributed by atoms with Gasteiger partial charge in [-0.15, -0.1) is 0 Å². The molecule has 0 unspecified atom stereocenters. The molecule has 0 aliphatic carbocycles. The Morgan fingerprint density at radius 2 is 0.750 bits per heavy atom. The van der Waals surface area contributed by atoms with E-state index in [2.05, 4.69) is 75.9 Å². The molecule has 14 rings (SSSR count). The van der Waals surface area contributed by atoms with Crippen LogP contribution in [0, 0.1) is 0 Å². The molecule has 0 aliphatic heterocycles. The van der Waals surface area contributed by atoms with Crippen molar-refractivity contribution in [2.45, 2.75) is 0 Å². The first-order valence-electron chi connectivity index (χ1n) is 21.2. The van der Waals surface area contributed by atoms with Gasteiger partial charge in [0.1, 0.15) is 11.2 Å². The van der Waals surface area contributed by atoms with E-state index in [1.807, 2.05) is 122 Å². The number of furan rings is 2. The highest BCUT2D eigenvalue weighted by atomic mass is 16.3. The fraction of sp³-hybridized carbons (Fsp3) is 0. The first kappa shape index (κ1) is 34.7. The molecule has 7 aromatic heterocycles. The van der Waals surface area contributed by atoms with Crippen LogP contribution in [0.25, 0.3) is 133 Å². The quantitative estimate of drug-likeness (QED) is 0.170. The van der Waals surface area contributed by atoms with E-state index < -0.39 is 0 Å². The average Bonchev–Trinajstić information content (AvgIpc) is 4.12. The van der Waals surface area contributed by atoms with Crippen molar-refractivity contribution in [2.24, 2.45) is 0 Å². The fourth-order valence-electron chi connectivity index (χ4n) is 9.74. The van der Waals surface area contributed by atoms with Crippen molar-refractivity contribution in [3.8, 4) is 45.8 Å². The average molecular weight is 822 g/mol. The van der Waals surface area contributed by atoms with Gasteiger partial charge in [0, 0.05) is 66.6 Å². The Morgan fingerprint density at radius 3 is 1.23 bits per heavy atom. The summed E-state index contributed by atoms with van der Waals surface area (Å²) in [7, 11) is 0. The lowest BCUT2D eigenvalue weighted by molar-refractivity contribution is 0.663. The summed E-state index contributed by atoms with van der Waals surface area (Å²) in [6, 6.07) is 59.8.